The van der Waals surface area contributed by atoms with Crippen LogP contribution in [0.4, 0.5) is 4.39 Å². The summed E-state index contributed by atoms with van der Waals surface area (Å²) < 4.78 is 24.9. The molecule has 0 unspecified atom stereocenters. The first-order chi connectivity index (χ1) is 9.72. The number of hydrogen-bond acceptors (Lipinski definition) is 2. The molecular weight excluding hydrogens is 255 g/mol. The van der Waals surface area contributed by atoms with E-state index in [9.17, 15) is 4.39 Å². The molecule has 0 amide bonds. The van der Waals surface area contributed by atoms with Gasteiger partial charge in [-0.3, -0.25) is 0 Å². The number of benzene rings is 1. The largest absolute Gasteiger partial charge is 0.490 e. The molecule has 20 heavy (non-hydrogen) atoms. The molecular formula is C17H23FO2. The number of ether oxygens (including phenoxy) is 2. The lowest BCUT2D eigenvalue weighted by Crippen LogP contribution is -2.01. The highest BCUT2D eigenvalue weighted by Crippen LogP contribution is 2.31. The number of aryl methyl sites for hydroxylation is 1. The summed E-state index contributed by atoms with van der Waals surface area (Å²) in [5.41, 5.74) is 0.628. The second kappa shape index (κ2) is 9.25. The van der Waals surface area contributed by atoms with E-state index in [2.05, 4.69) is 18.8 Å². The van der Waals surface area contributed by atoms with E-state index in [-0.39, 0.29) is 5.82 Å². The molecule has 110 valence electrons. The Morgan fingerprint density at radius 2 is 1.55 bits per heavy atom. The predicted molar refractivity (Wildman–Crippen MR) is 79.7 cm³/mol. The highest BCUT2D eigenvalue weighted by atomic mass is 19.1. The first-order valence-corrected chi connectivity index (χ1v) is 7.26. The fourth-order valence-electron chi connectivity index (χ4n) is 1.80. The van der Waals surface area contributed by atoms with Gasteiger partial charge >= 0.3 is 0 Å². The molecule has 0 fully saturated rings. The molecule has 1 aromatic carbocycles. The zero-order valence-electron chi connectivity index (χ0n) is 12.6. The first kappa shape index (κ1) is 16.4. The van der Waals surface area contributed by atoms with Gasteiger partial charge in [0.05, 0.1) is 13.2 Å². The SMILES string of the molecule is CCCC#CCCc1cc(OCC)c(OCC)cc1F. The Kier molecular flexibility index (Phi) is 7.57. The molecule has 0 aliphatic carbocycles. The van der Waals surface area contributed by atoms with Gasteiger partial charge in [0.2, 0.25) is 0 Å². The number of hydrogen-bond donors (Lipinski definition) is 0. The highest BCUT2D eigenvalue weighted by molar-refractivity contribution is 5.44. The van der Waals surface area contributed by atoms with Crippen molar-refractivity contribution in [2.45, 2.75) is 46.5 Å². The van der Waals surface area contributed by atoms with E-state index in [4.69, 9.17) is 9.47 Å². The average molecular weight is 278 g/mol. The van der Waals surface area contributed by atoms with Gasteiger partial charge in [-0.05, 0) is 38.3 Å². The molecule has 0 radical (unpaired) electrons. The summed E-state index contributed by atoms with van der Waals surface area (Å²) in [5.74, 6) is 6.95. The molecule has 0 saturated heterocycles. The van der Waals surface area contributed by atoms with Gasteiger partial charge in [-0.2, -0.15) is 0 Å². The van der Waals surface area contributed by atoms with Crippen molar-refractivity contribution in [1.29, 1.82) is 0 Å². The molecule has 0 bridgehead atoms. The lowest BCUT2D eigenvalue weighted by molar-refractivity contribution is 0.285. The third-order valence-electron chi connectivity index (χ3n) is 2.73. The molecule has 0 aliphatic rings. The van der Waals surface area contributed by atoms with E-state index in [1.165, 1.54) is 6.07 Å². The van der Waals surface area contributed by atoms with Crippen molar-refractivity contribution in [3.63, 3.8) is 0 Å². The maximum atomic E-state index is 14.0. The quantitative estimate of drug-likeness (QED) is 0.690. The predicted octanol–water partition coefficient (Wildman–Crippen LogP) is 4.36. The Hall–Kier alpha value is -1.69. The van der Waals surface area contributed by atoms with Crippen LogP contribution in [0, 0.1) is 17.7 Å². The summed E-state index contributed by atoms with van der Waals surface area (Å²) in [6, 6.07) is 3.13. The molecule has 0 spiro atoms. The van der Waals surface area contributed by atoms with Crippen molar-refractivity contribution in [3.8, 4) is 23.3 Å². The molecule has 0 aromatic heterocycles. The Bertz CT molecular complexity index is 472. The van der Waals surface area contributed by atoms with Gasteiger partial charge in [0.15, 0.2) is 11.5 Å². The number of unbranched alkanes of at least 4 members (excludes halogenated alkanes) is 1. The monoisotopic (exact) mass is 278 g/mol. The van der Waals surface area contributed by atoms with Crippen molar-refractivity contribution in [3.05, 3.63) is 23.5 Å². The molecule has 0 saturated carbocycles. The van der Waals surface area contributed by atoms with E-state index in [1.54, 1.807) is 6.07 Å². The van der Waals surface area contributed by atoms with E-state index in [1.807, 2.05) is 13.8 Å². The van der Waals surface area contributed by atoms with Crippen LogP contribution in [0.3, 0.4) is 0 Å². The zero-order chi connectivity index (χ0) is 14.8. The van der Waals surface area contributed by atoms with Crippen molar-refractivity contribution in [2.75, 3.05) is 13.2 Å². The fraction of sp³-hybridized carbons (Fsp3) is 0.529. The molecule has 0 aliphatic heterocycles. The van der Waals surface area contributed by atoms with Gasteiger partial charge in [-0.25, -0.2) is 4.39 Å². The molecule has 1 rings (SSSR count). The zero-order valence-corrected chi connectivity index (χ0v) is 12.6. The van der Waals surface area contributed by atoms with Crippen molar-refractivity contribution < 1.29 is 13.9 Å². The minimum Gasteiger partial charge on any atom is -0.490 e. The van der Waals surface area contributed by atoms with Gasteiger partial charge < -0.3 is 9.47 Å². The third-order valence-corrected chi connectivity index (χ3v) is 2.73. The van der Waals surface area contributed by atoms with Crippen LogP contribution < -0.4 is 9.47 Å². The summed E-state index contributed by atoms with van der Waals surface area (Å²) in [4.78, 5) is 0. The van der Waals surface area contributed by atoms with E-state index in [0.717, 1.165) is 12.8 Å². The normalized spacial score (nSPS) is 9.80. The fourth-order valence-corrected chi connectivity index (χ4v) is 1.80. The smallest absolute Gasteiger partial charge is 0.164 e. The summed E-state index contributed by atoms with van der Waals surface area (Å²) in [6.45, 7) is 6.87. The Balaban J connectivity index is 2.80. The van der Waals surface area contributed by atoms with Gasteiger partial charge in [-0.1, -0.05) is 6.92 Å². The van der Waals surface area contributed by atoms with Crippen LogP contribution in [0.5, 0.6) is 11.5 Å². The maximum Gasteiger partial charge on any atom is 0.164 e. The maximum absolute atomic E-state index is 14.0. The van der Waals surface area contributed by atoms with Crippen LogP contribution in [0.25, 0.3) is 0 Å². The van der Waals surface area contributed by atoms with E-state index < -0.39 is 0 Å². The van der Waals surface area contributed by atoms with Gasteiger partial charge in [-0.15, -0.1) is 11.8 Å². The third kappa shape index (κ3) is 5.13. The lowest BCUT2D eigenvalue weighted by atomic mass is 10.1. The molecule has 0 heterocycles. The van der Waals surface area contributed by atoms with Gasteiger partial charge in [0, 0.05) is 18.9 Å². The Labute approximate surface area is 121 Å². The average Bonchev–Trinajstić information content (AvgIpc) is 2.43. The first-order valence-electron chi connectivity index (χ1n) is 7.26. The van der Waals surface area contributed by atoms with Crippen LogP contribution in [-0.4, -0.2) is 13.2 Å². The molecule has 2 nitrogen and oxygen atoms in total. The van der Waals surface area contributed by atoms with E-state index >= 15 is 0 Å². The second-order valence-corrected chi connectivity index (χ2v) is 4.36. The Morgan fingerprint density at radius 1 is 0.950 bits per heavy atom. The molecule has 0 N–H and O–H groups in total. The van der Waals surface area contributed by atoms with Gasteiger partial charge in [0.1, 0.15) is 5.82 Å². The standard InChI is InChI=1S/C17H23FO2/c1-4-7-8-9-10-11-14-12-16(19-5-2)17(20-6-3)13-15(14)18/h12-13H,4-7,10-11H2,1-3H3. The topological polar surface area (TPSA) is 18.5 Å². The van der Waals surface area contributed by atoms with Crippen LogP contribution in [0.1, 0.15) is 45.6 Å². The summed E-state index contributed by atoms with van der Waals surface area (Å²) in [5, 5.41) is 0. The lowest BCUT2D eigenvalue weighted by Gasteiger charge is -2.13. The van der Waals surface area contributed by atoms with Crippen LogP contribution >= 0.6 is 0 Å². The summed E-state index contributed by atoms with van der Waals surface area (Å²) in [7, 11) is 0. The van der Waals surface area contributed by atoms with E-state index in [0.29, 0.717) is 43.1 Å². The minimum atomic E-state index is -0.255. The van der Waals surface area contributed by atoms with Gasteiger partial charge in [0.25, 0.3) is 0 Å². The summed E-state index contributed by atoms with van der Waals surface area (Å²) >= 11 is 0. The van der Waals surface area contributed by atoms with Crippen LogP contribution in [0.2, 0.25) is 0 Å². The van der Waals surface area contributed by atoms with Crippen molar-refractivity contribution in [1.82, 2.24) is 0 Å². The molecule has 1 aromatic rings. The second-order valence-electron chi connectivity index (χ2n) is 4.36. The summed E-state index contributed by atoms with van der Waals surface area (Å²) in [6.07, 6.45) is 3.21. The van der Waals surface area contributed by atoms with Crippen LogP contribution in [-0.2, 0) is 6.42 Å². The number of halogens is 1. The number of rotatable bonds is 7. The Morgan fingerprint density at radius 3 is 2.15 bits per heavy atom. The van der Waals surface area contributed by atoms with Crippen molar-refractivity contribution >= 4 is 0 Å². The van der Waals surface area contributed by atoms with Crippen LogP contribution in [0.15, 0.2) is 12.1 Å². The highest BCUT2D eigenvalue weighted by Gasteiger charge is 2.11. The van der Waals surface area contributed by atoms with Crippen molar-refractivity contribution in [2.24, 2.45) is 0 Å². The molecule has 3 heteroatoms. The minimum absolute atomic E-state index is 0.255. The molecule has 0 atom stereocenters.